The molecule has 0 spiro atoms. The molecule has 5 rings (SSSR count). The summed E-state index contributed by atoms with van der Waals surface area (Å²) in [6.07, 6.45) is 5.37. The Kier molecular flexibility index (Phi) is 6.45. The molecule has 1 amide bonds. The van der Waals surface area contributed by atoms with E-state index in [1.807, 2.05) is 42.3 Å². The summed E-state index contributed by atoms with van der Waals surface area (Å²) in [5, 5.41) is 15.1. The van der Waals surface area contributed by atoms with E-state index >= 15 is 0 Å². The van der Waals surface area contributed by atoms with Gasteiger partial charge in [0.25, 0.3) is 0 Å². The number of aliphatic hydroxyl groups is 1. The van der Waals surface area contributed by atoms with Gasteiger partial charge in [0.1, 0.15) is 17.9 Å². The Labute approximate surface area is 214 Å². The van der Waals surface area contributed by atoms with Crippen molar-refractivity contribution in [1.82, 2.24) is 24.8 Å². The molecule has 2 N–H and O–H groups in total. The zero-order valence-corrected chi connectivity index (χ0v) is 20.9. The maximum atomic E-state index is 11.3. The first-order chi connectivity index (χ1) is 17.8. The van der Waals surface area contributed by atoms with Gasteiger partial charge in [-0.25, -0.2) is 9.97 Å². The van der Waals surface area contributed by atoms with Crippen LogP contribution in [0.4, 0.5) is 11.5 Å². The second kappa shape index (κ2) is 9.87. The molecule has 188 valence electrons. The van der Waals surface area contributed by atoms with E-state index < -0.39 is 5.79 Å². The lowest BCUT2D eigenvalue weighted by atomic mass is 10.1. The second-order valence-electron chi connectivity index (χ2n) is 9.10. The summed E-state index contributed by atoms with van der Waals surface area (Å²) in [6.45, 7) is 3.51. The number of pyridine rings is 1. The Balaban J connectivity index is 1.48. The summed E-state index contributed by atoms with van der Waals surface area (Å²) in [5.74, 6) is -0.836. The number of hydrogen-bond donors (Lipinski definition) is 2. The first kappa shape index (κ1) is 24.2. The van der Waals surface area contributed by atoms with Crippen molar-refractivity contribution in [2.45, 2.75) is 26.2 Å². The highest BCUT2D eigenvalue weighted by molar-refractivity contribution is 5.97. The highest BCUT2D eigenvalue weighted by Gasteiger charge is 2.25. The lowest BCUT2D eigenvalue weighted by Gasteiger charge is -2.27. The molecule has 0 radical (unpaired) electrons. The van der Waals surface area contributed by atoms with Crippen molar-refractivity contribution in [3.05, 3.63) is 85.1 Å². The number of nitrogens with one attached hydrogen (secondary N) is 1. The Morgan fingerprint density at radius 1 is 1.11 bits per heavy atom. The number of amides is 1. The predicted octanol–water partition coefficient (Wildman–Crippen LogP) is 4.02. The van der Waals surface area contributed by atoms with Gasteiger partial charge in [0.05, 0.1) is 29.7 Å². The third-order valence-corrected chi connectivity index (χ3v) is 6.12. The number of ether oxygens (including phenoxy) is 1. The van der Waals surface area contributed by atoms with Gasteiger partial charge >= 0.3 is 0 Å². The van der Waals surface area contributed by atoms with Crippen LogP contribution in [0.15, 0.2) is 79.4 Å². The van der Waals surface area contributed by atoms with E-state index in [2.05, 4.69) is 49.2 Å². The monoisotopic (exact) mass is 496 g/mol. The van der Waals surface area contributed by atoms with Gasteiger partial charge in [0, 0.05) is 49.9 Å². The van der Waals surface area contributed by atoms with Crippen LogP contribution >= 0.6 is 0 Å². The SMILES string of the molecule is CC(=O)NC[C@](C)(O)Oc1cccc2ncnc(N(C)c3ccc4c(ccn4Cc4ccccn4)c3)c12. The lowest BCUT2D eigenvalue weighted by molar-refractivity contribution is -0.132. The van der Waals surface area contributed by atoms with Crippen molar-refractivity contribution in [3.63, 3.8) is 0 Å². The first-order valence-corrected chi connectivity index (χ1v) is 11.9. The van der Waals surface area contributed by atoms with Crippen LogP contribution in [-0.2, 0) is 11.3 Å². The lowest BCUT2D eigenvalue weighted by Crippen LogP contribution is -2.44. The highest BCUT2D eigenvalue weighted by atomic mass is 16.6. The van der Waals surface area contributed by atoms with Crippen LogP contribution in [0.2, 0.25) is 0 Å². The molecular formula is C28H28N6O3. The van der Waals surface area contributed by atoms with Crippen molar-refractivity contribution in [1.29, 1.82) is 0 Å². The molecule has 0 aliphatic carbocycles. The maximum absolute atomic E-state index is 11.3. The molecule has 0 saturated heterocycles. The average molecular weight is 497 g/mol. The van der Waals surface area contributed by atoms with Crippen molar-refractivity contribution in [3.8, 4) is 5.75 Å². The normalized spacial score (nSPS) is 12.9. The van der Waals surface area contributed by atoms with Crippen LogP contribution in [0, 0.1) is 0 Å². The van der Waals surface area contributed by atoms with Gasteiger partial charge in [-0.15, -0.1) is 0 Å². The summed E-state index contributed by atoms with van der Waals surface area (Å²) in [6, 6.07) is 19.7. The summed E-state index contributed by atoms with van der Waals surface area (Å²) in [7, 11) is 1.93. The first-order valence-electron chi connectivity index (χ1n) is 11.9. The third kappa shape index (κ3) is 5.22. The topological polar surface area (TPSA) is 105 Å². The minimum Gasteiger partial charge on any atom is -0.460 e. The molecule has 37 heavy (non-hydrogen) atoms. The number of aromatic nitrogens is 4. The van der Waals surface area contributed by atoms with Crippen molar-refractivity contribution >= 4 is 39.2 Å². The van der Waals surface area contributed by atoms with E-state index in [0.29, 0.717) is 29.0 Å². The van der Waals surface area contributed by atoms with Crippen LogP contribution in [0.5, 0.6) is 5.75 Å². The van der Waals surface area contributed by atoms with Gasteiger partial charge in [0.15, 0.2) is 0 Å². The van der Waals surface area contributed by atoms with E-state index in [1.54, 1.807) is 18.3 Å². The van der Waals surface area contributed by atoms with Crippen LogP contribution in [0.25, 0.3) is 21.8 Å². The van der Waals surface area contributed by atoms with Gasteiger partial charge in [-0.3, -0.25) is 9.78 Å². The van der Waals surface area contributed by atoms with Crippen LogP contribution in [0.1, 0.15) is 19.5 Å². The van der Waals surface area contributed by atoms with Gasteiger partial charge < -0.3 is 24.6 Å². The van der Waals surface area contributed by atoms with E-state index in [4.69, 9.17) is 4.74 Å². The zero-order valence-electron chi connectivity index (χ0n) is 20.9. The summed E-state index contributed by atoms with van der Waals surface area (Å²) >= 11 is 0. The molecule has 9 nitrogen and oxygen atoms in total. The number of nitrogens with zero attached hydrogens (tertiary/aromatic N) is 5. The van der Waals surface area contributed by atoms with Gasteiger partial charge in [-0.1, -0.05) is 12.1 Å². The number of fused-ring (bicyclic) bond motifs is 2. The standard InChI is InChI=1S/C28H28N6O3/c1-19(35)30-17-28(2,36)37-25-9-6-8-23-26(25)27(32-18-31-23)33(3)22-10-11-24-20(15-22)12-14-34(24)16-21-7-4-5-13-29-21/h4-15,18,36H,16-17H2,1-3H3,(H,30,35)/t28-/m1/s1. The molecule has 2 aromatic carbocycles. The number of anilines is 2. The fraction of sp³-hybridized carbons (Fsp3) is 0.214. The second-order valence-corrected chi connectivity index (χ2v) is 9.10. The van der Waals surface area contributed by atoms with E-state index in [-0.39, 0.29) is 12.5 Å². The number of benzene rings is 2. The summed E-state index contributed by atoms with van der Waals surface area (Å²) in [5.41, 5.74) is 3.71. The predicted molar refractivity (Wildman–Crippen MR) is 143 cm³/mol. The van der Waals surface area contributed by atoms with E-state index in [0.717, 1.165) is 22.3 Å². The molecule has 0 fully saturated rings. The molecule has 1 atom stereocenters. The molecule has 0 unspecified atom stereocenters. The van der Waals surface area contributed by atoms with Crippen LogP contribution in [0.3, 0.4) is 0 Å². The number of rotatable bonds is 8. The summed E-state index contributed by atoms with van der Waals surface area (Å²) < 4.78 is 8.12. The van der Waals surface area contributed by atoms with E-state index in [1.165, 1.54) is 20.2 Å². The Hall–Kier alpha value is -4.50. The fourth-order valence-electron chi connectivity index (χ4n) is 4.29. The average Bonchev–Trinajstić information content (AvgIpc) is 3.29. The molecule has 3 heterocycles. The number of carbonyl (C=O) groups excluding carboxylic acids is 1. The van der Waals surface area contributed by atoms with Gasteiger partial charge in [-0.2, -0.15) is 0 Å². The summed E-state index contributed by atoms with van der Waals surface area (Å²) in [4.78, 5) is 26.7. The Morgan fingerprint density at radius 2 is 1.97 bits per heavy atom. The number of carbonyl (C=O) groups is 1. The van der Waals surface area contributed by atoms with Gasteiger partial charge in [-0.05, 0) is 48.5 Å². The van der Waals surface area contributed by atoms with Crippen LogP contribution < -0.4 is 15.0 Å². The molecular weight excluding hydrogens is 468 g/mol. The molecule has 9 heteroatoms. The molecule has 0 aliphatic rings. The minimum absolute atomic E-state index is 0.0657. The quantitative estimate of drug-likeness (QED) is 0.313. The van der Waals surface area contributed by atoms with Crippen molar-refractivity contribution < 1.29 is 14.6 Å². The molecule has 5 aromatic rings. The molecule has 0 bridgehead atoms. The van der Waals surface area contributed by atoms with Gasteiger partial charge in [0.2, 0.25) is 11.7 Å². The Bertz CT molecular complexity index is 1560. The number of hydrogen-bond acceptors (Lipinski definition) is 7. The largest absolute Gasteiger partial charge is 0.460 e. The van der Waals surface area contributed by atoms with E-state index in [9.17, 15) is 9.90 Å². The third-order valence-electron chi connectivity index (χ3n) is 6.12. The minimum atomic E-state index is -1.62. The molecule has 3 aromatic heterocycles. The van der Waals surface area contributed by atoms with Crippen molar-refractivity contribution in [2.75, 3.05) is 18.5 Å². The Morgan fingerprint density at radius 3 is 2.76 bits per heavy atom. The molecule has 0 aliphatic heterocycles. The fourth-order valence-corrected chi connectivity index (χ4v) is 4.29. The van der Waals surface area contributed by atoms with Crippen LogP contribution in [-0.4, -0.2) is 49.9 Å². The zero-order chi connectivity index (χ0) is 26.0. The smallest absolute Gasteiger partial charge is 0.222 e. The highest BCUT2D eigenvalue weighted by Crippen LogP contribution is 2.36. The van der Waals surface area contributed by atoms with Crippen molar-refractivity contribution in [2.24, 2.45) is 0 Å². The maximum Gasteiger partial charge on any atom is 0.222 e. The molecule has 0 saturated carbocycles.